The van der Waals surface area contributed by atoms with E-state index in [1.54, 1.807) is 6.92 Å². The Morgan fingerprint density at radius 1 is 1.73 bits per heavy atom. The lowest BCUT2D eigenvalue weighted by Crippen LogP contribution is -1.98. The highest BCUT2D eigenvalue weighted by Crippen LogP contribution is 2.19. The fourth-order valence-corrected chi connectivity index (χ4v) is 0.912. The molecule has 4 heteroatoms. The summed E-state index contributed by atoms with van der Waals surface area (Å²) in [7, 11) is 1.50. The number of methoxy groups -OCH3 is 1. The Balaban J connectivity index is 3.10. The lowest BCUT2D eigenvalue weighted by Gasteiger charge is -1.95. The van der Waals surface area contributed by atoms with Gasteiger partial charge in [-0.25, -0.2) is 4.79 Å². The van der Waals surface area contributed by atoms with Crippen molar-refractivity contribution in [3.05, 3.63) is 17.5 Å². The summed E-state index contributed by atoms with van der Waals surface area (Å²) < 4.78 is 4.88. The molecule has 0 saturated carbocycles. The Morgan fingerprint density at radius 2 is 2.36 bits per heavy atom. The zero-order valence-electron chi connectivity index (χ0n) is 6.34. The van der Waals surface area contributed by atoms with E-state index in [0.717, 1.165) is 0 Å². The molecule has 1 aromatic heterocycles. The van der Waals surface area contributed by atoms with Crippen LogP contribution < -0.4 is 4.74 Å². The lowest BCUT2D eigenvalue weighted by molar-refractivity contribution is 0.0690. The zero-order chi connectivity index (χ0) is 8.43. The topological polar surface area (TPSA) is 62.3 Å². The van der Waals surface area contributed by atoms with Crippen LogP contribution in [0, 0.1) is 6.92 Å². The number of aromatic amines is 1. The second kappa shape index (κ2) is 2.65. The molecule has 0 bridgehead atoms. The van der Waals surface area contributed by atoms with Gasteiger partial charge in [-0.05, 0) is 6.92 Å². The number of ether oxygens (including phenoxy) is 1. The van der Waals surface area contributed by atoms with Crippen molar-refractivity contribution in [2.75, 3.05) is 7.11 Å². The number of carboxylic acid groups (broad SMARTS) is 1. The van der Waals surface area contributed by atoms with Gasteiger partial charge in [0.25, 0.3) is 0 Å². The molecule has 0 atom stereocenters. The van der Waals surface area contributed by atoms with Crippen LogP contribution in [0.5, 0.6) is 5.75 Å². The molecule has 0 radical (unpaired) electrons. The van der Waals surface area contributed by atoms with Crippen molar-refractivity contribution in [1.82, 2.24) is 4.98 Å². The molecule has 1 aromatic rings. The minimum absolute atomic E-state index is 0.182. The molecule has 0 saturated heterocycles. The molecule has 0 amide bonds. The Hall–Kier alpha value is -1.45. The van der Waals surface area contributed by atoms with Crippen LogP contribution in [0.2, 0.25) is 0 Å². The maximum atomic E-state index is 10.5. The molecule has 0 spiro atoms. The maximum Gasteiger partial charge on any atom is 0.352 e. The average Bonchev–Trinajstić information content (AvgIpc) is 2.30. The number of aromatic nitrogens is 1. The van der Waals surface area contributed by atoms with Crippen molar-refractivity contribution in [3.8, 4) is 5.75 Å². The number of hydrogen-bond acceptors (Lipinski definition) is 2. The van der Waals surface area contributed by atoms with Crippen molar-refractivity contribution < 1.29 is 14.6 Å². The van der Waals surface area contributed by atoms with Crippen molar-refractivity contribution in [1.29, 1.82) is 0 Å². The van der Waals surface area contributed by atoms with E-state index in [2.05, 4.69) is 4.98 Å². The smallest absolute Gasteiger partial charge is 0.352 e. The van der Waals surface area contributed by atoms with E-state index in [4.69, 9.17) is 9.84 Å². The van der Waals surface area contributed by atoms with Crippen LogP contribution in [-0.4, -0.2) is 23.2 Å². The van der Waals surface area contributed by atoms with E-state index in [1.807, 2.05) is 0 Å². The van der Waals surface area contributed by atoms with E-state index in [-0.39, 0.29) is 5.69 Å². The summed E-state index contributed by atoms with van der Waals surface area (Å²) in [5, 5.41) is 8.59. The third-order valence-corrected chi connectivity index (χ3v) is 1.53. The summed E-state index contributed by atoms with van der Waals surface area (Å²) in [5.41, 5.74) is 0.807. The minimum Gasteiger partial charge on any atom is -0.495 e. The van der Waals surface area contributed by atoms with Gasteiger partial charge < -0.3 is 14.8 Å². The number of carbonyl (C=O) groups is 1. The average molecular weight is 155 g/mol. The maximum absolute atomic E-state index is 10.5. The lowest BCUT2D eigenvalue weighted by atomic mass is 10.2. The summed E-state index contributed by atoms with van der Waals surface area (Å²) >= 11 is 0. The molecular weight excluding hydrogens is 146 g/mol. The molecule has 4 nitrogen and oxygen atoms in total. The molecule has 60 valence electrons. The van der Waals surface area contributed by atoms with Crippen molar-refractivity contribution in [3.63, 3.8) is 0 Å². The standard InChI is InChI=1S/C7H9NO3/c1-4-5(11-2)3-8-6(4)7(9)10/h3,8H,1-2H3,(H,9,10). The van der Waals surface area contributed by atoms with Crippen LogP contribution in [-0.2, 0) is 0 Å². The zero-order valence-corrected chi connectivity index (χ0v) is 6.34. The highest BCUT2D eigenvalue weighted by Gasteiger charge is 2.12. The van der Waals surface area contributed by atoms with E-state index >= 15 is 0 Å². The highest BCUT2D eigenvalue weighted by molar-refractivity contribution is 5.88. The first-order valence-electron chi connectivity index (χ1n) is 3.12. The summed E-state index contributed by atoms with van der Waals surface area (Å²) in [4.78, 5) is 13.1. The number of H-pyrrole nitrogens is 1. The van der Waals surface area contributed by atoms with Gasteiger partial charge in [0.2, 0.25) is 0 Å². The van der Waals surface area contributed by atoms with Gasteiger partial charge in [0.05, 0.1) is 7.11 Å². The van der Waals surface area contributed by atoms with Crippen LogP contribution in [0.25, 0.3) is 0 Å². The first-order chi connectivity index (χ1) is 5.16. The normalized spacial score (nSPS) is 9.64. The van der Waals surface area contributed by atoms with Crippen molar-refractivity contribution in [2.45, 2.75) is 6.92 Å². The van der Waals surface area contributed by atoms with Gasteiger partial charge in [0.15, 0.2) is 0 Å². The molecule has 0 fully saturated rings. The summed E-state index contributed by atoms with van der Waals surface area (Å²) in [6.45, 7) is 1.69. The minimum atomic E-state index is -0.967. The first kappa shape index (κ1) is 7.65. The quantitative estimate of drug-likeness (QED) is 0.670. The third kappa shape index (κ3) is 1.19. The summed E-state index contributed by atoms with van der Waals surface area (Å²) in [6.07, 6.45) is 1.53. The Bertz CT molecular complexity index is 277. The van der Waals surface area contributed by atoms with Gasteiger partial charge in [-0.2, -0.15) is 0 Å². The second-order valence-electron chi connectivity index (χ2n) is 2.16. The highest BCUT2D eigenvalue weighted by atomic mass is 16.5. The number of rotatable bonds is 2. The van der Waals surface area contributed by atoms with E-state index < -0.39 is 5.97 Å². The Kier molecular flexibility index (Phi) is 1.85. The van der Waals surface area contributed by atoms with E-state index in [1.165, 1.54) is 13.3 Å². The Labute approximate surface area is 63.8 Å². The predicted octanol–water partition coefficient (Wildman–Crippen LogP) is 1.03. The first-order valence-corrected chi connectivity index (χ1v) is 3.12. The fraction of sp³-hybridized carbons (Fsp3) is 0.286. The monoisotopic (exact) mass is 155 g/mol. The molecule has 0 aromatic carbocycles. The summed E-state index contributed by atoms with van der Waals surface area (Å²) in [5.74, 6) is -0.395. The Morgan fingerprint density at radius 3 is 2.64 bits per heavy atom. The van der Waals surface area contributed by atoms with E-state index in [9.17, 15) is 4.79 Å². The molecule has 0 aliphatic carbocycles. The van der Waals surface area contributed by atoms with Crippen LogP contribution in [0.4, 0.5) is 0 Å². The number of nitrogens with one attached hydrogen (secondary N) is 1. The molecule has 2 N–H and O–H groups in total. The van der Waals surface area contributed by atoms with Crippen LogP contribution in [0.3, 0.4) is 0 Å². The number of aromatic carboxylic acids is 1. The van der Waals surface area contributed by atoms with Gasteiger partial charge in [-0.3, -0.25) is 0 Å². The molecule has 0 aliphatic heterocycles. The second-order valence-corrected chi connectivity index (χ2v) is 2.16. The van der Waals surface area contributed by atoms with Gasteiger partial charge >= 0.3 is 5.97 Å². The fourth-order valence-electron chi connectivity index (χ4n) is 0.912. The predicted molar refractivity (Wildman–Crippen MR) is 39.0 cm³/mol. The third-order valence-electron chi connectivity index (χ3n) is 1.53. The number of carboxylic acids is 1. The largest absolute Gasteiger partial charge is 0.495 e. The van der Waals surface area contributed by atoms with Gasteiger partial charge in [0, 0.05) is 11.8 Å². The van der Waals surface area contributed by atoms with Crippen molar-refractivity contribution >= 4 is 5.97 Å². The van der Waals surface area contributed by atoms with Gasteiger partial charge in [-0.1, -0.05) is 0 Å². The molecular formula is C7H9NO3. The SMILES string of the molecule is COc1c[nH]c(C(=O)O)c1C. The van der Waals surface area contributed by atoms with Gasteiger partial charge in [0.1, 0.15) is 11.4 Å². The van der Waals surface area contributed by atoms with E-state index in [0.29, 0.717) is 11.3 Å². The van der Waals surface area contributed by atoms with Crippen LogP contribution >= 0.6 is 0 Å². The van der Waals surface area contributed by atoms with Gasteiger partial charge in [-0.15, -0.1) is 0 Å². The van der Waals surface area contributed by atoms with Crippen LogP contribution in [0.1, 0.15) is 16.1 Å². The van der Waals surface area contributed by atoms with Crippen LogP contribution in [0.15, 0.2) is 6.20 Å². The molecule has 11 heavy (non-hydrogen) atoms. The molecule has 0 unspecified atom stereocenters. The molecule has 1 rings (SSSR count). The number of hydrogen-bond donors (Lipinski definition) is 2. The molecule has 0 aliphatic rings. The summed E-state index contributed by atoms with van der Waals surface area (Å²) in [6, 6.07) is 0. The van der Waals surface area contributed by atoms with Crippen molar-refractivity contribution in [2.24, 2.45) is 0 Å². The molecule has 1 heterocycles.